The summed E-state index contributed by atoms with van der Waals surface area (Å²) in [7, 11) is 0. The maximum Gasteiger partial charge on any atom is 0.140 e. The Morgan fingerprint density at radius 3 is 2.94 bits per heavy atom. The molecule has 0 aromatic carbocycles. The summed E-state index contributed by atoms with van der Waals surface area (Å²) >= 11 is 0. The van der Waals surface area contributed by atoms with Crippen LogP contribution in [-0.2, 0) is 0 Å². The van der Waals surface area contributed by atoms with Gasteiger partial charge in [-0.25, -0.2) is 0 Å². The molecule has 3 unspecified atom stereocenters. The second-order valence-electron chi connectivity index (χ2n) is 5.28. The van der Waals surface area contributed by atoms with Crippen LogP contribution in [0, 0.1) is 5.92 Å². The van der Waals surface area contributed by atoms with Crippen molar-refractivity contribution in [1.29, 1.82) is 0 Å². The fraction of sp³-hybridized carbons (Fsp3) is 0.917. The summed E-state index contributed by atoms with van der Waals surface area (Å²) < 4.78 is 0. The topological polar surface area (TPSA) is 61.9 Å². The zero-order valence-corrected chi connectivity index (χ0v) is 10.1. The highest BCUT2D eigenvalue weighted by atomic mass is 16.4. The van der Waals surface area contributed by atoms with Gasteiger partial charge in [-0.1, -0.05) is 11.6 Å². The van der Waals surface area contributed by atoms with Crippen molar-refractivity contribution >= 4 is 5.84 Å². The molecule has 3 N–H and O–H groups in total. The average molecular weight is 225 g/mol. The van der Waals surface area contributed by atoms with Gasteiger partial charge in [0.05, 0.1) is 0 Å². The van der Waals surface area contributed by atoms with Crippen LogP contribution in [0.15, 0.2) is 5.16 Å². The molecule has 0 aromatic heterocycles. The maximum absolute atomic E-state index is 8.61. The van der Waals surface area contributed by atoms with Crippen molar-refractivity contribution in [1.82, 2.24) is 4.90 Å². The van der Waals surface area contributed by atoms with Crippen LogP contribution in [0.4, 0.5) is 0 Å². The molecule has 0 aromatic rings. The smallest absolute Gasteiger partial charge is 0.140 e. The van der Waals surface area contributed by atoms with Gasteiger partial charge in [-0.15, -0.1) is 0 Å². The number of likely N-dealkylation sites (tertiary alicyclic amines) is 1. The van der Waals surface area contributed by atoms with E-state index in [0.29, 0.717) is 18.3 Å². The second kappa shape index (κ2) is 5.04. The van der Waals surface area contributed by atoms with Crippen LogP contribution >= 0.6 is 0 Å². The monoisotopic (exact) mass is 225 g/mol. The predicted octanol–water partition coefficient (Wildman–Crippen LogP) is 1.78. The first-order valence-electron chi connectivity index (χ1n) is 6.44. The highest BCUT2D eigenvalue weighted by molar-refractivity contribution is 5.80. The molecular weight excluding hydrogens is 202 g/mol. The molecule has 1 aliphatic heterocycles. The molecule has 92 valence electrons. The van der Waals surface area contributed by atoms with Crippen LogP contribution in [0.1, 0.15) is 45.4 Å². The normalized spacial score (nSPS) is 33.7. The molecule has 1 saturated carbocycles. The highest BCUT2D eigenvalue weighted by Gasteiger charge is 2.36. The lowest BCUT2D eigenvalue weighted by molar-refractivity contribution is 0.0771. The van der Waals surface area contributed by atoms with Crippen LogP contribution in [0.3, 0.4) is 0 Å². The quantitative estimate of drug-likeness (QED) is 0.333. The van der Waals surface area contributed by atoms with Crippen molar-refractivity contribution in [2.24, 2.45) is 16.8 Å². The standard InChI is InChI=1S/C12H23N3O/c1-9(8-12(13)14-16)15-7-3-5-10-4-2-6-11(10)15/h9-11,16H,2-8H2,1H3,(H2,13,14). The third-order valence-electron chi connectivity index (χ3n) is 4.24. The second-order valence-corrected chi connectivity index (χ2v) is 5.28. The third kappa shape index (κ3) is 2.32. The van der Waals surface area contributed by atoms with Gasteiger partial charge in [-0.2, -0.15) is 0 Å². The maximum atomic E-state index is 8.61. The SMILES string of the molecule is CC(CC(N)=NO)N1CCCC2CCCC21. The van der Waals surface area contributed by atoms with Gasteiger partial charge in [0, 0.05) is 18.5 Å². The van der Waals surface area contributed by atoms with Crippen molar-refractivity contribution < 1.29 is 5.21 Å². The number of hydrogen-bond donors (Lipinski definition) is 2. The summed E-state index contributed by atoms with van der Waals surface area (Å²) in [6.07, 6.45) is 7.50. The van der Waals surface area contributed by atoms with Gasteiger partial charge in [0.1, 0.15) is 5.84 Å². The van der Waals surface area contributed by atoms with Crippen LogP contribution in [0.25, 0.3) is 0 Å². The zero-order valence-electron chi connectivity index (χ0n) is 10.1. The number of piperidine rings is 1. The van der Waals surface area contributed by atoms with Gasteiger partial charge in [0.2, 0.25) is 0 Å². The van der Waals surface area contributed by atoms with Crippen LogP contribution in [-0.4, -0.2) is 34.6 Å². The Morgan fingerprint density at radius 1 is 1.44 bits per heavy atom. The molecule has 3 atom stereocenters. The summed E-state index contributed by atoms with van der Waals surface area (Å²) in [5.41, 5.74) is 5.59. The first kappa shape index (κ1) is 11.7. The van der Waals surface area contributed by atoms with Crippen LogP contribution < -0.4 is 5.73 Å². The molecule has 0 bridgehead atoms. The van der Waals surface area contributed by atoms with Gasteiger partial charge >= 0.3 is 0 Å². The van der Waals surface area contributed by atoms with E-state index in [0.717, 1.165) is 12.0 Å². The van der Waals surface area contributed by atoms with Gasteiger partial charge in [-0.05, 0) is 45.1 Å². The molecule has 2 rings (SSSR count). The largest absolute Gasteiger partial charge is 0.409 e. The van der Waals surface area contributed by atoms with E-state index >= 15 is 0 Å². The molecule has 0 spiro atoms. The summed E-state index contributed by atoms with van der Waals surface area (Å²) in [5.74, 6) is 1.26. The van der Waals surface area contributed by atoms with E-state index in [-0.39, 0.29) is 0 Å². The predicted molar refractivity (Wildman–Crippen MR) is 64.6 cm³/mol. The fourth-order valence-corrected chi connectivity index (χ4v) is 3.50. The minimum absolute atomic E-state index is 0.354. The fourth-order valence-electron chi connectivity index (χ4n) is 3.50. The molecular formula is C12H23N3O. The van der Waals surface area contributed by atoms with E-state index < -0.39 is 0 Å². The summed E-state index contributed by atoms with van der Waals surface area (Å²) in [5, 5.41) is 11.7. The molecule has 2 aliphatic rings. The van der Waals surface area contributed by atoms with E-state index in [1.165, 1.54) is 38.6 Å². The molecule has 4 nitrogen and oxygen atoms in total. The Labute approximate surface area is 97.5 Å². The molecule has 1 aliphatic carbocycles. The molecule has 2 fully saturated rings. The van der Waals surface area contributed by atoms with Gasteiger partial charge in [0.25, 0.3) is 0 Å². The van der Waals surface area contributed by atoms with Gasteiger partial charge in [-0.3, -0.25) is 4.90 Å². The van der Waals surface area contributed by atoms with E-state index in [4.69, 9.17) is 10.9 Å². The van der Waals surface area contributed by atoms with E-state index in [9.17, 15) is 0 Å². The molecule has 0 radical (unpaired) electrons. The number of rotatable bonds is 3. The van der Waals surface area contributed by atoms with Crippen molar-refractivity contribution in [3.63, 3.8) is 0 Å². The zero-order chi connectivity index (χ0) is 11.5. The van der Waals surface area contributed by atoms with Crippen molar-refractivity contribution in [2.45, 2.75) is 57.5 Å². The summed E-state index contributed by atoms with van der Waals surface area (Å²) in [4.78, 5) is 2.58. The number of hydrogen-bond acceptors (Lipinski definition) is 3. The molecule has 16 heavy (non-hydrogen) atoms. The Balaban J connectivity index is 1.96. The third-order valence-corrected chi connectivity index (χ3v) is 4.24. The molecule has 1 saturated heterocycles. The molecule has 1 heterocycles. The molecule has 0 amide bonds. The van der Waals surface area contributed by atoms with Crippen molar-refractivity contribution in [2.75, 3.05) is 6.54 Å². The first-order valence-corrected chi connectivity index (χ1v) is 6.44. The number of amidine groups is 1. The summed E-state index contributed by atoms with van der Waals surface area (Å²) in [6, 6.07) is 1.16. The highest BCUT2D eigenvalue weighted by Crippen LogP contribution is 2.37. The Morgan fingerprint density at radius 2 is 2.19 bits per heavy atom. The minimum Gasteiger partial charge on any atom is -0.409 e. The Hall–Kier alpha value is -0.770. The van der Waals surface area contributed by atoms with Crippen molar-refractivity contribution in [3.8, 4) is 0 Å². The average Bonchev–Trinajstić information content (AvgIpc) is 2.76. The number of fused-ring (bicyclic) bond motifs is 1. The molecule has 4 heteroatoms. The lowest BCUT2D eigenvalue weighted by atomic mass is 9.90. The summed E-state index contributed by atoms with van der Waals surface area (Å²) in [6.45, 7) is 3.37. The van der Waals surface area contributed by atoms with Crippen molar-refractivity contribution in [3.05, 3.63) is 0 Å². The van der Waals surface area contributed by atoms with E-state index in [1.807, 2.05) is 0 Å². The van der Waals surface area contributed by atoms with Crippen LogP contribution in [0.5, 0.6) is 0 Å². The van der Waals surface area contributed by atoms with Crippen LogP contribution in [0.2, 0.25) is 0 Å². The lowest BCUT2D eigenvalue weighted by Gasteiger charge is -2.41. The van der Waals surface area contributed by atoms with E-state index in [2.05, 4.69) is 17.0 Å². The van der Waals surface area contributed by atoms with Gasteiger partial charge in [0.15, 0.2) is 0 Å². The number of nitrogens with zero attached hydrogens (tertiary/aromatic N) is 2. The number of oxime groups is 1. The Bertz CT molecular complexity index is 267. The first-order chi connectivity index (χ1) is 7.72. The Kier molecular flexibility index (Phi) is 3.69. The lowest BCUT2D eigenvalue weighted by Crippen LogP contribution is -2.48. The number of nitrogens with two attached hydrogens (primary N) is 1. The minimum atomic E-state index is 0.354. The van der Waals surface area contributed by atoms with Gasteiger partial charge < -0.3 is 10.9 Å². The van der Waals surface area contributed by atoms with E-state index in [1.54, 1.807) is 0 Å².